The standard InChI is InChI=1S/C28H34N2O4S/c1-5-6-16-33-23-11-9-22(10-12-23)24-19-35-28(29-24)30-27(31)14-8-21-7-13-25(26(18-21)32-4)34-17-15-20(2)3/h7-14,18-20H,5-6,15-17H2,1-4H3,(H,29,30,31)/b14-8+. The minimum atomic E-state index is -0.248. The average molecular weight is 495 g/mol. The smallest absolute Gasteiger partial charge is 0.250 e. The number of amides is 1. The normalized spacial score (nSPS) is 11.1. The van der Waals surface area contributed by atoms with E-state index in [4.69, 9.17) is 14.2 Å². The lowest BCUT2D eigenvalue weighted by Gasteiger charge is -2.12. The number of thiazole rings is 1. The Kier molecular flexibility index (Phi) is 10.2. The number of aromatic nitrogens is 1. The van der Waals surface area contributed by atoms with Crippen molar-refractivity contribution in [3.05, 3.63) is 59.5 Å². The second-order valence-corrected chi connectivity index (χ2v) is 9.39. The molecule has 6 nitrogen and oxygen atoms in total. The number of hydrogen-bond acceptors (Lipinski definition) is 6. The van der Waals surface area contributed by atoms with Crippen LogP contribution in [0, 0.1) is 5.92 Å². The van der Waals surface area contributed by atoms with Gasteiger partial charge in [0.15, 0.2) is 16.6 Å². The highest BCUT2D eigenvalue weighted by Gasteiger charge is 2.08. The van der Waals surface area contributed by atoms with Crippen LogP contribution in [0.4, 0.5) is 5.13 Å². The van der Waals surface area contributed by atoms with Crippen molar-refractivity contribution >= 4 is 28.5 Å². The van der Waals surface area contributed by atoms with Gasteiger partial charge in [-0.3, -0.25) is 10.1 Å². The molecule has 3 aromatic rings. The Morgan fingerprint density at radius 1 is 1.09 bits per heavy atom. The first-order chi connectivity index (χ1) is 17.0. The van der Waals surface area contributed by atoms with Crippen LogP contribution in [0.1, 0.15) is 45.6 Å². The van der Waals surface area contributed by atoms with Crippen LogP contribution in [0.25, 0.3) is 17.3 Å². The van der Waals surface area contributed by atoms with Gasteiger partial charge in [-0.05, 0) is 66.8 Å². The highest BCUT2D eigenvalue weighted by atomic mass is 32.1. The van der Waals surface area contributed by atoms with Crippen LogP contribution < -0.4 is 19.5 Å². The van der Waals surface area contributed by atoms with Gasteiger partial charge in [0.25, 0.3) is 0 Å². The zero-order chi connectivity index (χ0) is 25.0. The molecule has 0 spiro atoms. The molecule has 3 rings (SSSR count). The number of benzene rings is 2. The fraction of sp³-hybridized carbons (Fsp3) is 0.357. The maximum Gasteiger partial charge on any atom is 0.250 e. The van der Waals surface area contributed by atoms with Gasteiger partial charge in [-0.25, -0.2) is 4.98 Å². The third kappa shape index (κ3) is 8.44. The summed E-state index contributed by atoms with van der Waals surface area (Å²) in [6.45, 7) is 7.82. The minimum absolute atomic E-state index is 0.248. The minimum Gasteiger partial charge on any atom is -0.494 e. The molecule has 0 aliphatic heterocycles. The molecule has 0 atom stereocenters. The van der Waals surface area contributed by atoms with Gasteiger partial charge in [0.05, 0.1) is 26.0 Å². The van der Waals surface area contributed by atoms with Crippen molar-refractivity contribution in [1.29, 1.82) is 0 Å². The Bertz CT molecular complexity index is 1110. The summed E-state index contributed by atoms with van der Waals surface area (Å²) in [7, 11) is 1.61. The van der Waals surface area contributed by atoms with Crippen molar-refractivity contribution in [2.45, 2.75) is 40.0 Å². The third-order valence-electron chi connectivity index (χ3n) is 5.22. The zero-order valence-corrected chi connectivity index (χ0v) is 21.7. The Morgan fingerprint density at radius 2 is 1.89 bits per heavy atom. The van der Waals surface area contributed by atoms with Crippen LogP contribution >= 0.6 is 11.3 Å². The summed E-state index contributed by atoms with van der Waals surface area (Å²) in [4.78, 5) is 17.0. The van der Waals surface area contributed by atoms with Crippen LogP contribution in [0.2, 0.25) is 0 Å². The topological polar surface area (TPSA) is 69.7 Å². The van der Waals surface area contributed by atoms with Crippen molar-refractivity contribution in [1.82, 2.24) is 4.98 Å². The fourth-order valence-electron chi connectivity index (χ4n) is 3.15. The Hall–Kier alpha value is -3.32. The van der Waals surface area contributed by atoms with Crippen molar-refractivity contribution in [3.63, 3.8) is 0 Å². The molecule has 186 valence electrons. The van der Waals surface area contributed by atoms with E-state index in [9.17, 15) is 4.79 Å². The number of hydrogen-bond donors (Lipinski definition) is 1. The molecule has 1 aromatic heterocycles. The second kappa shape index (κ2) is 13.5. The number of anilines is 1. The van der Waals surface area contributed by atoms with Gasteiger partial charge in [0, 0.05) is 17.0 Å². The van der Waals surface area contributed by atoms with E-state index < -0.39 is 0 Å². The molecule has 0 fully saturated rings. The monoisotopic (exact) mass is 494 g/mol. The SMILES string of the molecule is CCCCOc1ccc(-c2csc(NC(=O)/C=C/c3ccc(OCCC(C)C)c(OC)c3)n2)cc1. The largest absolute Gasteiger partial charge is 0.494 e. The van der Waals surface area contributed by atoms with Crippen molar-refractivity contribution in [2.24, 2.45) is 5.92 Å². The molecule has 0 radical (unpaired) electrons. The number of ether oxygens (including phenoxy) is 3. The summed E-state index contributed by atoms with van der Waals surface area (Å²) in [5.41, 5.74) is 2.63. The van der Waals surface area contributed by atoms with E-state index in [1.165, 1.54) is 17.4 Å². The number of rotatable bonds is 13. The number of carbonyl (C=O) groups is 1. The summed E-state index contributed by atoms with van der Waals surface area (Å²) < 4.78 is 17.0. The number of nitrogens with zero attached hydrogens (tertiary/aromatic N) is 1. The molecule has 1 N–H and O–H groups in total. The highest BCUT2D eigenvalue weighted by Crippen LogP contribution is 2.29. The predicted molar refractivity (Wildman–Crippen MR) is 144 cm³/mol. The molecule has 0 unspecified atom stereocenters. The molecule has 2 aromatic carbocycles. The molecule has 1 heterocycles. The Morgan fingerprint density at radius 3 is 2.60 bits per heavy atom. The van der Waals surface area contributed by atoms with E-state index in [1.54, 1.807) is 13.2 Å². The van der Waals surface area contributed by atoms with Gasteiger partial charge >= 0.3 is 0 Å². The van der Waals surface area contributed by atoms with Crippen molar-refractivity contribution in [2.75, 3.05) is 25.6 Å². The Labute approximate surface area is 212 Å². The first kappa shape index (κ1) is 26.3. The third-order valence-corrected chi connectivity index (χ3v) is 5.98. The molecule has 0 saturated heterocycles. The highest BCUT2D eigenvalue weighted by molar-refractivity contribution is 7.14. The van der Waals surface area contributed by atoms with Crippen molar-refractivity contribution < 1.29 is 19.0 Å². The maximum absolute atomic E-state index is 12.4. The van der Waals surface area contributed by atoms with E-state index in [2.05, 4.69) is 31.1 Å². The summed E-state index contributed by atoms with van der Waals surface area (Å²) in [5.74, 6) is 2.52. The fourth-order valence-corrected chi connectivity index (χ4v) is 3.87. The predicted octanol–water partition coefficient (Wildman–Crippen LogP) is 7.07. The summed E-state index contributed by atoms with van der Waals surface area (Å²) in [5, 5.41) is 5.30. The molecule has 0 aliphatic carbocycles. The molecule has 0 saturated carbocycles. The Balaban J connectivity index is 1.55. The van der Waals surface area contributed by atoms with Crippen LogP contribution in [0.5, 0.6) is 17.2 Å². The number of unbranched alkanes of at least 4 members (excludes halogenated alkanes) is 1. The molecule has 0 bridgehead atoms. The van der Waals surface area contributed by atoms with Crippen LogP contribution in [0.3, 0.4) is 0 Å². The maximum atomic E-state index is 12.4. The second-order valence-electron chi connectivity index (χ2n) is 8.53. The molecule has 0 aliphatic rings. The first-order valence-electron chi connectivity index (χ1n) is 12.0. The molecule has 35 heavy (non-hydrogen) atoms. The van der Waals surface area contributed by atoms with Gasteiger partial charge in [0.1, 0.15) is 5.75 Å². The van der Waals surface area contributed by atoms with Gasteiger partial charge in [-0.1, -0.05) is 33.3 Å². The van der Waals surface area contributed by atoms with Crippen LogP contribution in [0.15, 0.2) is 53.9 Å². The van der Waals surface area contributed by atoms with E-state index in [-0.39, 0.29) is 5.91 Å². The molecular formula is C28H34N2O4S. The van der Waals surface area contributed by atoms with E-state index in [0.717, 1.165) is 48.4 Å². The van der Waals surface area contributed by atoms with E-state index >= 15 is 0 Å². The molecular weight excluding hydrogens is 460 g/mol. The van der Waals surface area contributed by atoms with Crippen LogP contribution in [-0.4, -0.2) is 31.2 Å². The first-order valence-corrected chi connectivity index (χ1v) is 12.8. The number of methoxy groups -OCH3 is 1. The van der Waals surface area contributed by atoms with E-state index in [0.29, 0.717) is 29.2 Å². The summed E-state index contributed by atoms with van der Waals surface area (Å²) in [6, 6.07) is 13.5. The lowest BCUT2D eigenvalue weighted by atomic mass is 10.1. The van der Waals surface area contributed by atoms with Gasteiger partial charge in [-0.2, -0.15) is 0 Å². The lowest BCUT2D eigenvalue weighted by molar-refractivity contribution is -0.111. The van der Waals surface area contributed by atoms with E-state index in [1.807, 2.05) is 47.8 Å². The van der Waals surface area contributed by atoms with Gasteiger partial charge in [-0.15, -0.1) is 11.3 Å². The van der Waals surface area contributed by atoms with Gasteiger partial charge in [0.2, 0.25) is 5.91 Å². The number of carbonyl (C=O) groups excluding carboxylic acids is 1. The summed E-state index contributed by atoms with van der Waals surface area (Å²) in [6.07, 6.45) is 6.34. The van der Waals surface area contributed by atoms with Crippen molar-refractivity contribution in [3.8, 4) is 28.5 Å². The molecule has 1 amide bonds. The summed E-state index contributed by atoms with van der Waals surface area (Å²) >= 11 is 1.39. The average Bonchev–Trinajstić information content (AvgIpc) is 3.32. The van der Waals surface area contributed by atoms with Crippen LogP contribution in [-0.2, 0) is 4.79 Å². The van der Waals surface area contributed by atoms with Gasteiger partial charge < -0.3 is 14.2 Å². The lowest BCUT2D eigenvalue weighted by Crippen LogP contribution is -2.07. The number of nitrogens with one attached hydrogen (secondary N) is 1. The zero-order valence-electron chi connectivity index (χ0n) is 20.9. The quantitative estimate of drug-likeness (QED) is 0.203. The molecule has 7 heteroatoms.